The summed E-state index contributed by atoms with van der Waals surface area (Å²) >= 11 is 3.52. The minimum Gasteiger partial charge on any atom is -0.372 e. The van der Waals surface area contributed by atoms with Gasteiger partial charge in [-0.3, -0.25) is 4.79 Å². The first-order chi connectivity index (χ1) is 9.63. The molecule has 1 heterocycles. The predicted molar refractivity (Wildman–Crippen MR) is 83.6 cm³/mol. The van der Waals surface area contributed by atoms with E-state index in [0.29, 0.717) is 6.04 Å². The van der Waals surface area contributed by atoms with Gasteiger partial charge in [-0.2, -0.15) is 0 Å². The van der Waals surface area contributed by atoms with Gasteiger partial charge >= 0.3 is 0 Å². The lowest BCUT2D eigenvalue weighted by Crippen LogP contribution is -2.46. The summed E-state index contributed by atoms with van der Waals surface area (Å²) in [4.78, 5) is 12.4. The van der Waals surface area contributed by atoms with Gasteiger partial charge in [-0.1, -0.05) is 12.1 Å². The molecule has 0 saturated heterocycles. The fourth-order valence-electron chi connectivity index (χ4n) is 3.07. The van der Waals surface area contributed by atoms with E-state index < -0.39 is 0 Å². The highest BCUT2D eigenvalue weighted by Gasteiger charge is 2.30. The fraction of sp³-hybridized carbons (Fsp3) is 0.533. The van der Waals surface area contributed by atoms with Gasteiger partial charge in [0.2, 0.25) is 5.91 Å². The highest BCUT2D eigenvalue weighted by Crippen LogP contribution is 2.33. The number of hydrogen-bond donors (Lipinski definition) is 3. The molecule has 1 unspecified atom stereocenters. The largest absolute Gasteiger partial charge is 0.372 e. The lowest BCUT2D eigenvalue weighted by Gasteiger charge is -2.27. The number of carbonyl (C=O) groups is 1. The zero-order chi connectivity index (χ0) is 14.1. The van der Waals surface area contributed by atoms with Crippen molar-refractivity contribution >= 4 is 27.5 Å². The molecule has 0 spiro atoms. The van der Waals surface area contributed by atoms with Crippen LogP contribution in [-0.2, 0) is 11.2 Å². The Morgan fingerprint density at radius 3 is 2.75 bits per heavy atom. The molecule has 1 aromatic rings. The van der Waals surface area contributed by atoms with Crippen LogP contribution in [0.3, 0.4) is 0 Å². The van der Waals surface area contributed by atoms with E-state index in [1.807, 2.05) is 12.1 Å². The van der Waals surface area contributed by atoms with Crippen molar-refractivity contribution in [2.75, 3.05) is 5.32 Å². The van der Waals surface area contributed by atoms with Gasteiger partial charge in [0.05, 0.1) is 5.69 Å². The number of fused-ring (bicyclic) bond motifs is 1. The zero-order valence-corrected chi connectivity index (χ0v) is 12.9. The van der Waals surface area contributed by atoms with Crippen molar-refractivity contribution in [3.63, 3.8) is 0 Å². The van der Waals surface area contributed by atoms with E-state index in [1.165, 1.54) is 5.56 Å². The Bertz CT molecular complexity index is 512. The van der Waals surface area contributed by atoms with E-state index >= 15 is 0 Å². The lowest BCUT2D eigenvalue weighted by molar-refractivity contribution is -0.122. The summed E-state index contributed by atoms with van der Waals surface area (Å²) < 4.78 is 1.02. The van der Waals surface area contributed by atoms with Crippen LogP contribution in [0.4, 0.5) is 5.69 Å². The van der Waals surface area contributed by atoms with Crippen molar-refractivity contribution in [1.29, 1.82) is 0 Å². The molecule has 108 valence electrons. The monoisotopic (exact) mass is 337 g/mol. The van der Waals surface area contributed by atoms with Crippen LogP contribution in [0.2, 0.25) is 0 Å². The van der Waals surface area contributed by atoms with Crippen molar-refractivity contribution in [2.45, 2.75) is 50.2 Å². The third-order valence-corrected chi connectivity index (χ3v) is 4.94. The third-order valence-electron chi connectivity index (χ3n) is 4.28. The number of amides is 1. The lowest BCUT2D eigenvalue weighted by atomic mass is 9.91. The molecule has 1 amide bonds. The van der Waals surface area contributed by atoms with E-state index in [4.69, 9.17) is 5.73 Å². The Morgan fingerprint density at radius 2 is 2.05 bits per heavy atom. The molecule has 3 rings (SSSR count). The molecule has 4 N–H and O–H groups in total. The summed E-state index contributed by atoms with van der Waals surface area (Å²) in [5.41, 5.74) is 8.15. The highest BCUT2D eigenvalue weighted by molar-refractivity contribution is 9.10. The van der Waals surface area contributed by atoms with Crippen molar-refractivity contribution in [3.8, 4) is 0 Å². The molecule has 0 aromatic heterocycles. The summed E-state index contributed by atoms with van der Waals surface area (Å²) in [7, 11) is 0. The first kappa shape index (κ1) is 13.9. The first-order valence-corrected chi connectivity index (χ1v) is 8.02. The summed E-state index contributed by atoms with van der Waals surface area (Å²) in [5.74, 6) is 0.105. The molecule has 4 nitrogen and oxygen atoms in total. The van der Waals surface area contributed by atoms with Gasteiger partial charge in [-0.05, 0) is 53.2 Å². The van der Waals surface area contributed by atoms with Gasteiger partial charge in [0, 0.05) is 23.0 Å². The Morgan fingerprint density at radius 1 is 1.30 bits per heavy atom. The maximum absolute atomic E-state index is 12.4. The SMILES string of the molecule is N[C@H]1CC[C@H](NC(=O)C2Cc3cccc(Br)c3N2)CC1. The van der Waals surface area contributed by atoms with Crippen molar-refractivity contribution < 1.29 is 4.79 Å². The molecular formula is C15H20BrN3O. The van der Waals surface area contributed by atoms with Gasteiger partial charge in [0.25, 0.3) is 0 Å². The minimum absolute atomic E-state index is 0.105. The number of para-hydroxylation sites is 1. The van der Waals surface area contributed by atoms with Crippen LogP contribution in [0.5, 0.6) is 0 Å². The molecule has 1 atom stereocenters. The van der Waals surface area contributed by atoms with Gasteiger partial charge in [-0.15, -0.1) is 0 Å². The van der Waals surface area contributed by atoms with E-state index in [0.717, 1.165) is 42.3 Å². The maximum Gasteiger partial charge on any atom is 0.243 e. The molecule has 1 aliphatic carbocycles. The van der Waals surface area contributed by atoms with Crippen LogP contribution in [-0.4, -0.2) is 24.0 Å². The standard InChI is InChI=1S/C15H20BrN3O/c16-12-3-1-2-9-8-13(19-14(9)12)15(20)18-11-6-4-10(17)5-7-11/h1-3,10-11,13,19H,4-8,17H2,(H,18,20)/t10-,11-,13?. The van der Waals surface area contributed by atoms with Gasteiger partial charge < -0.3 is 16.4 Å². The molecule has 2 aliphatic rings. The number of benzene rings is 1. The van der Waals surface area contributed by atoms with Crippen LogP contribution in [0.1, 0.15) is 31.2 Å². The second kappa shape index (κ2) is 5.74. The highest BCUT2D eigenvalue weighted by atomic mass is 79.9. The van der Waals surface area contributed by atoms with Crippen LogP contribution in [0.25, 0.3) is 0 Å². The maximum atomic E-state index is 12.4. The summed E-state index contributed by atoms with van der Waals surface area (Å²) in [5, 5.41) is 6.48. The quantitative estimate of drug-likeness (QED) is 0.774. The van der Waals surface area contributed by atoms with Gasteiger partial charge in [0.15, 0.2) is 0 Å². The predicted octanol–water partition coefficient (Wildman–Crippen LogP) is 2.17. The number of hydrogen-bond acceptors (Lipinski definition) is 3. The van der Waals surface area contributed by atoms with Gasteiger partial charge in [0.1, 0.15) is 6.04 Å². The summed E-state index contributed by atoms with van der Waals surface area (Å²) in [6.07, 6.45) is 4.77. The number of nitrogens with one attached hydrogen (secondary N) is 2. The fourth-order valence-corrected chi connectivity index (χ4v) is 3.59. The van der Waals surface area contributed by atoms with Crippen molar-refractivity contribution in [2.24, 2.45) is 5.73 Å². The normalized spacial score (nSPS) is 28.6. The molecule has 0 radical (unpaired) electrons. The number of rotatable bonds is 2. The zero-order valence-electron chi connectivity index (χ0n) is 11.4. The van der Waals surface area contributed by atoms with E-state index in [1.54, 1.807) is 0 Å². The molecule has 1 fully saturated rings. The Balaban J connectivity index is 1.59. The number of anilines is 1. The Kier molecular flexibility index (Phi) is 3.98. The van der Waals surface area contributed by atoms with Crippen molar-refractivity contribution in [1.82, 2.24) is 5.32 Å². The summed E-state index contributed by atoms with van der Waals surface area (Å²) in [6.45, 7) is 0. The van der Waals surface area contributed by atoms with E-state index in [-0.39, 0.29) is 18.0 Å². The second-order valence-electron chi connectivity index (χ2n) is 5.80. The molecule has 1 aliphatic heterocycles. The number of carbonyl (C=O) groups excluding carboxylic acids is 1. The van der Waals surface area contributed by atoms with E-state index in [9.17, 15) is 4.79 Å². The van der Waals surface area contributed by atoms with Crippen molar-refractivity contribution in [3.05, 3.63) is 28.2 Å². The van der Waals surface area contributed by atoms with E-state index in [2.05, 4.69) is 32.6 Å². The topological polar surface area (TPSA) is 67.1 Å². The Hall–Kier alpha value is -1.07. The minimum atomic E-state index is -0.153. The molecule has 5 heteroatoms. The van der Waals surface area contributed by atoms with Crippen LogP contribution < -0.4 is 16.4 Å². The molecule has 1 aromatic carbocycles. The summed E-state index contributed by atoms with van der Waals surface area (Å²) in [6, 6.07) is 6.52. The third kappa shape index (κ3) is 2.83. The first-order valence-electron chi connectivity index (χ1n) is 7.23. The van der Waals surface area contributed by atoms with Crippen LogP contribution in [0.15, 0.2) is 22.7 Å². The average molecular weight is 338 g/mol. The molecule has 0 bridgehead atoms. The average Bonchev–Trinajstić information content (AvgIpc) is 2.87. The molecular weight excluding hydrogens is 318 g/mol. The number of nitrogens with two attached hydrogens (primary N) is 1. The van der Waals surface area contributed by atoms with Crippen LogP contribution >= 0.6 is 15.9 Å². The molecule has 20 heavy (non-hydrogen) atoms. The van der Waals surface area contributed by atoms with Crippen LogP contribution in [0, 0.1) is 0 Å². The van der Waals surface area contributed by atoms with Gasteiger partial charge in [-0.25, -0.2) is 0 Å². The number of halogens is 1. The Labute approximate surface area is 127 Å². The smallest absolute Gasteiger partial charge is 0.243 e. The molecule has 1 saturated carbocycles. The second-order valence-corrected chi connectivity index (χ2v) is 6.65.